The highest BCUT2D eigenvalue weighted by molar-refractivity contribution is 7.98. The molecule has 0 saturated heterocycles. The molecule has 0 aromatic heterocycles. The van der Waals surface area contributed by atoms with Gasteiger partial charge in [-0.1, -0.05) is 91.0 Å². The monoisotopic (exact) mass is 642 g/mol. The van der Waals surface area contributed by atoms with Gasteiger partial charge in [-0.25, -0.2) is 4.79 Å². The second-order valence-electron chi connectivity index (χ2n) is 11.4. The molecule has 0 heterocycles. The van der Waals surface area contributed by atoms with Gasteiger partial charge in [0.15, 0.2) is 5.78 Å². The third kappa shape index (κ3) is 8.57. The molecule has 0 aliphatic carbocycles. The minimum Gasteiger partial charge on any atom is -0.480 e. The highest BCUT2D eigenvalue weighted by Crippen LogP contribution is 2.30. The standard InChI is InChI=1S/C40H38N2O4S/c1-28-11-9-10-16-34(28)36-25-30(17-22-35(36)39(44)41-37(40(45)46)23-24-47-2)27-42(26-29-12-5-3-6-13-29)33-20-18-32(19-21-33)38(43)31-14-7-4-8-15-31/h3-22,25,37H,23-24,26-27H2,1-2H3,(H,41,44)(H,45,46). The number of benzene rings is 5. The molecule has 0 bridgehead atoms. The SMILES string of the molecule is CSCCC(NC(=O)c1ccc(CN(Cc2ccccc2)c2ccc(C(=O)c3ccccc3)cc2)cc1-c1ccccc1C)C(=O)O. The molecule has 47 heavy (non-hydrogen) atoms. The number of carbonyl (C=O) groups is 3. The summed E-state index contributed by atoms with van der Waals surface area (Å²) in [5, 5.41) is 12.5. The fraction of sp³-hybridized carbons (Fsp3) is 0.175. The van der Waals surface area contributed by atoms with Crippen LogP contribution < -0.4 is 10.2 Å². The number of nitrogens with zero attached hydrogens (tertiary/aromatic N) is 1. The lowest BCUT2D eigenvalue weighted by Crippen LogP contribution is -2.41. The molecule has 0 fully saturated rings. The molecule has 238 valence electrons. The van der Waals surface area contributed by atoms with Crippen LogP contribution in [0, 0.1) is 6.92 Å². The van der Waals surface area contributed by atoms with Crippen LogP contribution in [0.5, 0.6) is 0 Å². The molecule has 0 radical (unpaired) electrons. The van der Waals surface area contributed by atoms with Crippen molar-refractivity contribution in [2.75, 3.05) is 16.9 Å². The first-order valence-electron chi connectivity index (χ1n) is 15.5. The largest absolute Gasteiger partial charge is 0.480 e. The number of aryl methyl sites for hydroxylation is 1. The Hall–Kier alpha value is -5.14. The van der Waals surface area contributed by atoms with Crippen molar-refractivity contribution < 1.29 is 19.5 Å². The van der Waals surface area contributed by atoms with E-state index in [0.717, 1.165) is 33.5 Å². The third-order valence-electron chi connectivity index (χ3n) is 8.10. The zero-order chi connectivity index (χ0) is 33.2. The minimum absolute atomic E-state index is 0.0258. The second-order valence-corrected chi connectivity index (χ2v) is 12.4. The molecule has 7 heteroatoms. The van der Waals surface area contributed by atoms with Gasteiger partial charge >= 0.3 is 5.97 Å². The fourth-order valence-corrected chi connectivity index (χ4v) is 6.03. The van der Waals surface area contributed by atoms with E-state index in [-0.39, 0.29) is 5.78 Å². The Morgan fingerprint density at radius 2 is 1.34 bits per heavy atom. The Morgan fingerprint density at radius 3 is 2.00 bits per heavy atom. The molecule has 5 aromatic carbocycles. The number of anilines is 1. The maximum absolute atomic E-state index is 13.6. The van der Waals surface area contributed by atoms with Gasteiger partial charge in [0.1, 0.15) is 6.04 Å². The van der Waals surface area contributed by atoms with E-state index in [4.69, 9.17) is 0 Å². The number of thioether (sulfide) groups is 1. The van der Waals surface area contributed by atoms with Crippen LogP contribution in [0.4, 0.5) is 5.69 Å². The number of hydrogen-bond donors (Lipinski definition) is 2. The van der Waals surface area contributed by atoms with Crippen LogP contribution in [0.15, 0.2) is 127 Å². The highest BCUT2D eigenvalue weighted by Gasteiger charge is 2.23. The molecule has 5 rings (SSSR count). The fourth-order valence-electron chi connectivity index (χ4n) is 5.56. The summed E-state index contributed by atoms with van der Waals surface area (Å²) in [7, 11) is 0. The van der Waals surface area contributed by atoms with Gasteiger partial charge in [-0.3, -0.25) is 9.59 Å². The Bertz CT molecular complexity index is 1830. The molecule has 0 saturated carbocycles. The molecule has 1 unspecified atom stereocenters. The van der Waals surface area contributed by atoms with Gasteiger partial charge in [0.05, 0.1) is 0 Å². The van der Waals surface area contributed by atoms with Crippen molar-refractivity contribution in [3.05, 3.63) is 161 Å². The number of amides is 1. The molecule has 0 spiro atoms. The molecule has 1 amide bonds. The topological polar surface area (TPSA) is 86.7 Å². The number of ketones is 1. The lowest BCUT2D eigenvalue weighted by Gasteiger charge is -2.26. The minimum atomic E-state index is -1.05. The van der Waals surface area contributed by atoms with Gasteiger partial charge in [-0.05, 0) is 89.6 Å². The van der Waals surface area contributed by atoms with Crippen LogP contribution in [0.2, 0.25) is 0 Å². The first-order chi connectivity index (χ1) is 22.8. The predicted octanol–water partition coefficient (Wildman–Crippen LogP) is 8.04. The van der Waals surface area contributed by atoms with Crippen molar-refractivity contribution in [2.24, 2.45) is 0 Å². The Labute approximate surface area is 280 Å². The summed E-state index contributed by atoms with van der Waals surface area (Å²) in [6.07, 6.45) is 2.25. The van der Waals surface area contributed by atoms with Crippen LogP contribution in [-0.2, 0) is 17.9 Å². The zero-order valence-corrected chi connectivity index (χ0v) is 27.4. The van der Waals surface area contributed by atoms with Crippen LogP contribution in [0.3, 0.4) is 0 Å². The quantitative estimate of drug-likeness (QED) is 0.119. The van der Waals surface area contributed by atoms with E-state index in [9.17, 15) is 19.5 Å². The molecular weight excluding hydrogens is 605 g/mol. The van der Waals surface area contributed by atoms with Gasteiger partial charge in [0.2, 0.25) is 0 Å². The number of nitrogens with one attached hydrogen (secondary N) is 1. The maximum Gasteiger partial charge on any atom is 0.326 e. The normalized spacial score (nSPS) is 11.4. The lowest BCUT2D eigenvalue weighted by atomic mass is 9.93. The van der Waals surface area contributed by atoms with E-state index in [1.807, 2.05) is 122 Å². The third-order valence-corrected chi connectivity index (χ3v) is 8.74. The van der Waals surface area contributed by atoms with Crippen LogP contribution in [0.1, 0.15) is 49.4 Å². The maximum atomic E-state index is 13.6. The summed E-state index contributed by atoms with van der Waals surface area (Å²) in [5.41, 5.74) is 7.43. The Morgan fingerprint density at radius 1 is 0.723 bits per heavy atom. The molecule has 5 aromatic rings. The number of carboxylic acid groups (broad SMARTS) is 1. The molecule has 2 N–H and O–H groups in total. The van der Waals surface area contributed by atoms with Crippen molar-refractivity contribution >= 4 is 35.1 Å². The van der Waals surface area contributed by atoms with Crippen molar-refractivity contribution in [2.45, 2.75) is 32.5 Å². The van der Waals surface area contributed by atoms with E-state index < -0.39 is 17.9 Å². The van der Waals surface area contributed by atoms with E-state index in [2.05, 4.69) is 22.3 Å². The van der Waals surface area contributed by atoms with Gasteiger partial charge in [-0.15, -0.1) is 0 Å². The molecule has 1 atom stereocenters. The highest BCUT2D eigenvalue weighted by atomic mass is 32.2. The molecule has 0 aliphatic heterocycles. The van der Waals surface area contributed by atoms with E-state index in [1.54, 1.807) is 17.8 Å². The Kier molecular flexibility index (Phi) is 11.3. The molecule has 0 aliphatic rings. The summed E-state index contributed by atoms with van der Waals surface area (Å²) in [6.45, 7) is 3.17. The van der Waals surface area contributed by atoms with Crippen molar-refractivity contribution in [1.82, 2.24) is 5.32 Å². The van der Waals surface area contributed by atoms with Crippen LogP contribution >= 0.6 is 11.8 Å². The molecular formula is C40H38N2O4S. The number of carboxylic acids is 1. The first kappa shape index (κ1) is 33.2. The summed E-state index contributed by atoms with van der Waals surface area (Å²) in [5.74, 6) is -0.862. The molecule has 6 nitrogen and oxygen atoms in total. The predicted molar refractivity (Wildman–Crippen MR) is 191 cm³/mol. The van der Waals surface area contributed by atoms with E-state index in [1.165, 1.54) is 0 Å². The van der Waals surface area contributed by atoms with Crippen molar-refractivity contribution in [3.8, 4) is 11.1 Å². The zero-order valence-electron chi connectivity index (χ0n) is 26.6. The Balaban J connectivity index is 1.49. The number of aliphatic carboxylic acids is 1. The van der Waals surface area contributed by atoms with Gasteiger partial charge < -0.3 is 15.3 Å². The smallest absolute Gasteiger partial charge is 0.326 e. The number of carbonyl (C=O) groups excluding carboxylic acids is 2. The second kappa shape index (κ2) is 15.9. The van der Waals surface area contributed by atoms with Crippen molar-refractivity contribution in [1.29, 1.82) is 0 Å². The van der Waals surface area contributed by atoms with Gasteiger partial charge in [0, 0.05) is 35.5 Å². The lowest BCUT2D eigenvalue weighted by molar-refractivity contribution is -0.139. The summed E-state index contributed by atoms with van der Waals surface area (Å²) in [4.78, 5) is 40.8. The van der Waals surface area contributed by atoms with Crippen LogP contribution in [0.25, 0.3) is 11.1 Å². The van der Waals surface area contributed by atoms with E-state index >= 15 is 0 Å². The number of rotatable bonds is 14. The van der Waals surface area contributed by atoms with Crippen LogP contribution in [-0.4, -0.2) is 40.8 Å². The van der Waals surface area contributed by atoms with E-state index in [0.29, 0.717) is 42.0 Å². The van der Waals surface area contributed by atoms with Gasteiger partial charge in [-0.2, -0.15) is 11.8 Å². The summed E-state index contributed by atoms with van der Waals surface area (Å²) >= 11 is 1.54. The van der Waals surface area contributed by atoms with Gasteiger partial charge in [0.25, 0.3) is 5.91 Å². The average molecular weight is 643 g/mol. The van der Waals surface area contributed by atoms with Crippen molar-refractivity contribution in [3.63, 3.8) is 0 Å². The summed E-state index contributed by atoms with van der Waals surface area (Å²) in [6, 6.07) is 39.8. The average Bonchev–Trinajstić information content (AvgIpc) is 3.10. The summed E-state index contributed by atoms with van der Waals surface area (Å²) < 4.78 is 0. The number of hydrogen-bond acceptors (Lipinski definition) is 5. The first-order valence-corrected chi connectivity index (χ1v) is 16.9.